The normalized spacial score (nSPS) is 17.5. The molecule has 0 bridgehead atoms. The van der Waals surface area contributed by atoms with E-state index in [4.69, 9.17) is 0 Å². The number of hydrogen-bond acceptors (Lipinski definition) is 4. The molecule has 0 spiro atoms. The molecule has 0 amide bonds. The second kappa shape index (κ2) is 5.06. The second-order valence-electron chi connectivity index (χ2n) is 2.65. The van der Waals surface area contributed by atoms with E-state index in [9.17, 15) is 0 Å². The lowest BCUT2D eigenvalue weighted by Gasteiger charge is -2.07. The lowest BCUT2D eigenvalue weighted by atomic mass is 10.7. The SMILES string of the molecule is CN(C)CCSC1=NCCS1. The smallest absolute Gasteiger partial charge is 0.124 e. The molecule has 1 aliphatic rings. The predicted molar refractivity (Wildman–Crippen MR) is 55.8 cm³/mol. The van der Waals surface area contributed by atoms with Crippen LogP contribution < -0.4 is 0 Å². The first kappa shape index (κ1) is 9.42. The van der Waals surface area contributed by atoms with Crippen LogP contribution in [0.5, 0.6) is 0 Å². The summed E-state index contributed by atoms with van der Waals surface area (Å²) in [4.78, 5) is 6.56. The third-order valence-electron chi connectivity index (χ3n) is 1.32. The van der Waals surface area contributed by atoms with Gasteiger partial charge in [0.1, 0.15) is 4.38 Å². The molecule has 0 aromatic heterocycles. The number of aliphatic imine (C=N–C) groups is 1. The van der Waals surface area contributed by atoms with E-state index in [2.05, 4.69) is 24.0 Å². The highest BCUT2D eigenvalue weighted by Gasteiger charge is 2.06. The van der Waals surface area contributed by atoms with Crippen molar-refractivity contribution in [3.63, 3.8) is 0 Å². The molecule has 0 saturated heterocycles. The molecular formula is C7H14N2S2. The summed E-state index contributed by atoms with van der Waals surface area (Å²) in [6.45, 7) is 2.17. The van der Waals surface area contributed by atoms with Crippen molar-refractivity contribution in [3.05, 3.63) is 0 Å². The quantitative estimate of drug-likeness (QED) is 0.669. The third-order valence-corrected chi connectivity index (χ3v) is 3.55. The summed E-state index contributed by atoms with van der Waals surface area (Å²) in [6, 6.07) is 0. The summed E-state index contributed by atoms with van der Waals surface area (Å²) in [6.07, 6.45) is 0. The Hall–Kier alpha value is 0.330. The predicted octanol–water partition coefficient (Wildman–Crippen LogP) is 1.38. The molecule has 0 aliphatic carbocycles. The highest BCUT2D eigenvalue weighted by atomic mass is 32.2. The van der Waals surface area contributed by atoms with Gasteiger partial charge in [-0.2, -0.15) is 0 Å². The fraction of sp³-hybridized carbons (Fsp3) is 0.857. The molecule has 1 heterocycles. The highest BCUT2D eigenvalue weighted by Crippen LogP contribution is 2.21. The zero-order valence-corrected chi connectivity index (χ0v) is 8.67. The minimum atomic E-state index is 1.02. The third kappa shape index (κ3) is 4.03. The summed E-state index contributed by atoms with van der Waals surface area (Å²) in [5.74, 6) is 2.35. The lowest BCUT2D eigenvalue weighted by Crippen LogP contribution is -2.15. The van der Waals surface area contributed by atoms with Gasteiger partial charge in [-0.1, -0.05) is 23.5 Å². The Kier molecular flexibility index (Phi) is 4.33. The van der Waals surface area contributed by atoms with Gasteiger partial charge in [0.05, 0.1) is 6.54 Å². The summed E-state index contributed by atoms with van der Waals surface area (Å²) in [5.41, 5.74) is 0. The van der Waals surface area contributed by atoms with E-state index >= 15 is 0 Å². The topological polar surface area (TPSA) is 15.6 Å². The Bertz CT molecular complexity index is 145. The largest absolute Gasteiger partial charge is 0.309 e. The molecule has 0 aromatic carbocycles. The first-order valence-electron chi connectivity index (χ1n) is 3.74. The van der Waals surface area contributed by atoms with Crippen molar-refractivity contribution in [2.45, 2.75) is 0 Å². The molecule has 0 aromatic rings. The molecule has 0 fully saturated rings. The van der Waals surface area contributed by atoms with Gasteiger partial charge in [-0.15, -0.1) is 0 Å². The van der Waals surface area contributed by atoms with Crippen molar-refractivity contribution in [3.8, 4) is 0 Å². The van der Waals surface area contributed by atoms with Crippen molar-refractivity contribution >= 4 is 27.9 Å². The van der Waals surface area contributed by atoms with Crippen LogP contribution in [0.2, 0.25) is 0 Å². The van der Waals surface area contributed by atoms with E-state index in [1.54, 1.807) is 0 Å². The summed E-state index contributed by atoms with van der Waals surface area (Å²) < 4.78 is 1.28. The van der Waals surface area contributed by atoms with Gasteiger partial charge >= 0.3 is 0 Å². The molecule has 0 unspecified atom stereocenters. The summed E-state index contributed by atoms with van der Waals surface area (Å²) >= 11 is 3.77. The van der Waals surface area contributed by atoms with Crippen LogP contribution in [-0.2, 0) is 0 Å². The van der Waals surface area contributed by atoms with Gasteiger partial charge in [0, 0.05) is 18.1 Å². The molecule has 64 valence electrons. The number of thioether (sulfide) groups is 2. The molecule has 11 heavy (non-hydrogen) atoms. The summed E-state index contributed by atoms with van der Waals surface area (Å²) in [7, 11) is 4.20. The Morgan fingerprint density at radius 2 is 2.45 bits per heavy atom. The Morgan fingerprint density at radius 3 is 3.00 bits per heavy atom. The average molecular weight is 190 g/mol. The molecule has 0 atom stereocenters. The van der Waals surface area contributed by atoms with Crippen LogP contribution in [-0.4, -0.2) is 48.0 Å². The Morgan fingerprint density at radius 1 is 1.64 bits per heavy atom. The fourth-order valence-electron chi connectivity index (χ4n) is 0.718. The maximum atomic E-state index is 4.36. The van der Waals surface area contributed by atoms with Gasteiger partial charge in [0.15, 0.2) is 0 Å². The molecule has 0 radical (unpaired) electrons. The van der Waals surface area contributed by atoms with Gasteiger partial charge in [-0.3, -0.25) is 4.99 Å². The van der Waals surface area contributed by atoms with Crippen LogP contribution in [0.25, 0.3) is 0 Å². The first-order chi connectivity index (χ1) is 5.29. The minimum Gasteiger partial charge on any atom is -0.309 e. The first-order valence-corrected chi connectivity index (χ1v) is 5.71. The second-order valence-corrected chi connectivity index (χ2v) is 5.07. The van der Waals surface area contributed by atoms with Crippen LogP contribution in [0.3, 0.4) is 0 Å². The van der Waals surface area contributed by atoms with Gasteiger partial charge in [-0.25, -0.2) is 0 Å². The van der Waals surface area contributed by atoms with Crippen molar-refractivity contribution in [1.29, 1.82) is 0 Å². The fourth-order valence-corrected chi connectivity index (χ4v) is 2.91. The molecular weight excluding hydrogens is 176 g/mol. The molecule has 2 nitrogen and oxygen atoms in total. The van der Waals surface area contributed by atoms with Crippen molar-refractivity contribution in [2.75, 3.05) is 38.7 Å². The summed E-state index contributed by atoms with van der Waals surface area (Å²) in [5, 5.41) is 0. The van der Waals surface area contributed by atoms with E-state index in [-0.39, 0.29) is 0 Å². The van der Waals surface area contributed by atoms with Crippen LogP contribution in [0.1, 0.15) is 0 Å². The van der Waals surface area contributed by atoms with Crippen molar-refractivity contribution in [1.82, 2.24) is 4.90 Å². The van der Waals surface area contributed by atoms with E-state index in [0.29, 0.717) is 0 Å². The minimum absolute atomic E-state index is 1.02. The molecule has 4 heteroatoms. The van der Waals surface area contributed by atoms with Crippen LogP contribution >= 0.6 is 23.5 Å². The number of nitrogens with zero attached hydrogens (tertiary/aromatic N) is 2. The van der Waals surface area contributed by atoms with Gasteiger partial charge in [0.2, 0.25) is 0 Å². The molecule has 0 N–H and O–H groups in total. The maximum Gasteiger partial charge on any atom is 0.124 e. The van der Waals surface area contributed by atoms with E-state index in [0.717, 1.165) is 13.1 Å². The Labute approximate surface area is 76.8 Å². The van der Waals surface area contributed by atoms with Crippen molar-refractivity contribution in [2.24, 2.45) is 4.99 Å². The standard InChI is InChI=1S/C7H14N2S2/c1-9(2)4-6-11-7-8-3-5-10-7/h3-6H2,1-2H3. The molecule has 1 rings (SSSR count). The van der Waals surface area contributed by atoms with E-state index in [1.165, 1.54) is 15.9 Å². The molecule has 1 aliphatic heterocycles. The molecule has 0 saturated carbocycles. The average Bonchev–Trinajstić information content (AvgIpc) is 2.39. The maximum absolute atomic E-state index is 4.36. The van der Waals surface area contributed by atoms with E-state index < -0.39 is 0 Å². The zero-order valence-electron chi connectivity index (χ0n) is 7.04. The van der Waals surface area contributed by atoms with Gasteiger partial charge in [0.25, 0.3) is 0 Å². The Balaban J connectivity index is 2.03. The number of hydrogen-bond donors (Lipinski definition) is 0. The highest BCUT2D eigenvalue weighted by molar-refractivity contribution is 8.39. The van der Waals surface area contributed by atoms with Crippen LogP contribution in [0, 0.1) is 0 Å². The van der Waals surface area contributed by atoms with Crippen LogP contribution in [0.15, 0.2) is 4.99 Å². The van der Waals surface area contributed by atoms with Gasteiger partial charge < -0.3 is 4.90 Å². The monoisotopic (exact) mass is 190 g/mol. The van der Waals surface area contributed by atoms with E-state index in [1.807, 2.05) is 23.5 Å². The number of rotatable bonds is 3. The van der Waals surface area contributed by atoms with Crippen molar-refractivity contribution < 1.29 is 0 Å². The van der Waals surface area contributed by atoms with Gasteiger partial charge in [-0.05, 0) is 14.1 Å². The zero-order chi connectivity index (χ0) is 8.10. The van der Waals surface area contributed by atoms with Crippen LogP contribution in [0.4, 0.5) is 0 Å². The lowest BCUT2D eigenvalue weighted by molar-refractivity contribution is 0.438.